The first-order chi connectivity index (χ1) is 11.2. The van der Waals surface area contributed by atoms with E-state index in [-0.39, 0.29) is 6.03 Å². The van der Waals surface area contributed by atoms with Crippen LogP contribution in [-0.2, 0) is 6.54 Å². The van der Waals surface area contributed by atoms with Gasteiger partial charge in [0, 0.05) is 19.6 Å². The van der Waals surface area contributed by atoms with E-state index in [1.807, 2.05) is 16.8 Å². The van der Waals surface area contributed by atoms with Gasteiger partial charge in [-0.2, -0.15) is 0 Å². The largest absolute Gasteiger partial charge is 0.490 e. The van der Waals surface area contributed by atoms with Gasteiger partial charge in [-0.1, -0.05) is 5.21 Å². The summed E-state index contributed by atoms with van der Waals surface area (Å²) in [5.41, 5.74) is 1.84. The Balaban J connectivity index is 1.45. The molecule has 1 saturated heterocycles. The molecule has 2 amide bonds. The average molecular weight is 380 g/mol. The molecule has 0 atom stereocenters. The molecular formula is C15H18BrN5O2. The smallest absolute Gasteiger partial charge is 0.317 e. The SMILES string of the molecule is O=C1NCCN1CCOc1ccc2c(nnn2CC2CC2)c1Br. The van der Waals surface area contributed by atoms with Crippen LogP contribution >= 0.6 is 15.9 Å². The van der Waals surface area contributed by atoms with Crippen LogP contribution in [0.1, 0.15) is 12.8 Å². The molecule has 122 valence electrons. The van der Waals surface area contributed by atoms with Crippen molar-refractivity contribution in [1.29, 1.82) is 0 Å². The molecule has 2 fully saturated rings. The molecule has 1 aliphatic heterocycles. The van der Waals surface area contributed by atoms with E-state index in [9.17, 15) is 4.79 Å². The second-order valence-electron chi connectivity index (χ2n) is 6.03. The maximum atomic E-state index is 11.5. The molecular weight excluding hydrogens is 362 g/mol. The van der Waals surface area contributed by atoms with Crippen LogP contribution in [0, 0.1) is 5.92 Å². The topological polar surface area (TPSA) is 72.3 Å². The fourth-order valence-electron chi connectivity index (χ4n) is 2.77. The number of halogens is 1. The lowest BCUT2D eigenvalue weighted by Gasteiger charge is -2.15. The van der Waals surface area contributed by atoms with Crippen LogP contribution in [0.25, 0.3) is 11.0 Å². The number of aromatic nitrogens is 3. The molecule has 0 radical (unpaired) electrons. The molecule has 4 rings (SSSR count). The summed E-state index contributed by atoms with van der Waals surface area (Å²) in [7, 11) is 0. The van der Waals surface area contributed by atoms with Gasteiger partial charge in [0.05, 0.1) is 16.5 Å². The summed E-state index contributed by atoms with van der Waals surface area (Å²) in [5, 5.41) is 11.3. The standard InChI is InChI=1S/C15H18BrN5O2/c16-13-12(23-8-7-20-6-5-17-15(20)22)4-3-11-14(13)18-19-21(11)9-10-1-2-10/h3-4,10H,1-2,5-9H2,(H,17,22). The number of amides is 2. The molecule has 0 unspecified atom stereocenters. The molecule has 0 bridgehead atoms. The molecule has 1 saturated carbocycles. The van der Waals surface area contributed by atoms with E-state index in [1.54, 1.807) is 4.90 Å². The van der Waals surface area contributed by atoms with E-state index in [1.165, 1.54) is 12.8 Å². The van der Waals surface area contributed by atoms with Crippen molar-refractivity contribution >= 4 is 33.0 Å². The van der Waals surface area contributed by atoms with Crippen molar-refractivity contribution in [2.75, 3.05) is 26.2 Å². The van der Waals surface area contributed by atoms with Crippen LogP contribution in [0.5, 0.6) is 5.75 Å². The molecule has 2 aliphatic rings. The quantitative estimate of drug-likeness (QED) is 0.832. The second-order valence-corrected chi connectivity index (χ2v) is 6.82. The fourth-order valence-corrected chi connectivity index (χ4v) is 3.30. The molecule has 1 aliphatic carbocycles. The van der Waals surface area contributed by atoms with Gasteiger partial charge in [0.15, 0.2) is 0 Å². The number of urea groups is 1. The van der Waals surface area contributed by atoms with Gasteiger partial charge in [0.2, 0.25) is 0 Å². The highest BCUT2D eigenvalue weighted by molar-refractivity contribution is 9.10. The Kier molecular flexibility index (Phi) is 3.84. The van der Waals surface area contributed by atoms with Gasteiger partial charge in [0.25, 0.3) is 0 Å². The number of nitrogens with zero attached hydrogens (tertiary/aromatic N) is 4. The molecule has 7 nitrogen and oxygen atoms in total. The van der Waals surface area contributed by atoms with Gasteiger partial charge >= 0.3 is 6.03 Å². The average Bonchev–Trinajstić information content (AvgIpc) is 3.12. The summed E-state index contributed by atoms with van der Waals surface area (Å²) in [6.07, 6.45) is 2.57. The first-order valence-electron chi connectivity index (χ1n) is 7.89. The molecule has 2 aromatic rings. The van der Waals surface area contributed by atoms with E-state index >= 15 is 0 Å². The normalized spacial score (nSPS) is 17.8. The first kappa shape index (κ1) is 14.7. The zero-order chi connectivity index (χ0) is 15.8. The van der Waals surface area contributed by atoms with Crippen LogP contribution in [0.15, 0.2) is 16.6 Å². The number of ether oxygens (including phenoxy) is 1. The molecule has 8 heteroatoms. The van der Waals surface area contributed by atoms with E-state index < -0.39 is 0 Å². The molecule has 0 spiro atoms. The summed E-state index contributed by atoms with van der Waals surface area (Å²) in [4.78, 5) is 13.2. The number of hydrogen-bond donors (Lipinski definition) is 1. The van der Waals surface area contributed by atoms with Gasteiger partial charge in [-0.15, -0.1) is 5.10 Å². The third-order valence-electron chi connectivity index (χ3n) is 4.28. The third-order valence-corrected chi connectivity index (χ3v) is 5.05. The zero-order valence-corrected chi connectivity index (χ0v) is 14.3. The molecule has 2 heterocycles. The Hall–Kier alpha value is -1.83. The Morgan fingerprint density at radius 1 is 1.39 bits per heavy atom. The number of rotatable bonds is 6. The van der Waals surface area contributed by atoms with E-state index in [2.05, 4.69) is 31.6 Å². The molecule has 23 heavy (non-hydrogen) atoms. The Bertz CT molecular complexity index is 743. The van der Waals surface area contributed by atoms with Crippen molar-refractivity contribution < 1.29 is 9.53 Å². The van der Waals surface area contributed by atoms with Crippen LogP contribution in [-0.4, -0.2) is 52.2 Å². The summed E-state index contributed by atoms with van der Waals surface area (Å²) >= 11 is 3.57. The lowest BCUT2D eigenvalue weighted by atomic mass is 10.3. The van der Waals surface area contributed by atoms with Crippen molar-refractivity contribution in [2.45, 2.75) is 19.4 Å². The second kappa shape index (κ2) is 5.99. The Morgan fingerprint density at radius 2 is 2.26 bits per heavy atom. The van der Waals surface area contributed by atoms with Gasteiger partial charge in [-0.3, -0.25) is 0 Å². The number of benzene rings is 1. The lowest BCUT2D eigenvalue weighted by Crippen LogP contribution is -2.31. The van der Waals surface area contributed by atoms with Crippen molar-refractivity contribution in [3.05, 3.63) is 16.6 Å². The highest BCUT2D eigenvalue weighted by Gasteiger charge is 2.24. The fraction of sp³-hybridized carbons (Fsp3) is 0.533. The molecule has 1 aromatic carbocycles. The van der Waals surface area contributed by atoms with Crippen molar-refractivity contribution in [1.82, 2.24) is 25.2 Å². The Morgan fingerprint density at radius 3 is 3.00 bits per heavy atom. The number of nitrogens with one attached hydrogen (secondary N) is 1. The molecule has 1 N–H and O–H groups in total. The maximum Gasteiger partial charge on any atom is 0.317 e. The third kappa shape index (κ3) is 2.99. The van der Waals surface area contributed by atoms with Crippen molar-refractivity contribution in [3.63, 3.8) is 0 Å². The number of carbonyl (C=O) groups excluding carboxylic acids is 1. The minimum Gasteiger partial charge on any atom is -0.490 e. The molecule has 1 aromatic heterocycles. The highest BCUT2D eigenvalue weighted by atomic mass is 79.9. The Labute approximate surface area is 142 Å². The van der Waals surface area contributed by atoms with E-state index in [0.29, 0.717) is 19.7 Å². The minimum absolute atomic E-state index is 0.0221. The summed E-state index contributed by atoms with van der Waals surface area (Å²) in [6, 6.07) is 3.91. The van der Waals surface area contributed by atoms with Gasteiger partial charge < -0.3 is 15.0 Å². The van der Waals surface area contributed by atoms with Crippen LogP contribution in [0.4, 0.5) is 4.79 Å². The van der Waals surface area contributed by atoms with Crippen LogP contribution in [0.3, 0.4) is 0 Å². The number of carbonyl (C=O) groups is 1. The maximum absolute atomic E-state index is 11.5. The minimum atomic E-state index is -0.0221. The van der Waals surface area contributed by atoms with Gasteiger partial charge in [-0.25, -0.2) is 9.48 Å². The van der Waals surface area contributed by atoms with Gasteiger partial charge in [-0.05, 0) is 46.8 Å². The highest BCUT2D eigenvalue weighted by Crippen LogP contribution is 2.34. The lowest BCUT2D eigenvalue weighted by molar-refractivity contribution is 0.202. The summed E-state index contributed by atoms with van der Waals surface area (Å²) in [6.45, 7) is 3.40. The summed E-state index contributed by atoms with van der Waals surface area (Å²) in [5.74, 6) is 1.48. The van der Waals surface area contributed by atoms with Crippen LogP contribution < -0.4 is 10.1 Å². The van der Waals surface area contributed by atoms with Crippen molar-refractivity contribution in [3.8, 4) is 5.75 Å². The van der Waals surface area contributed by atoms with Gasteiger partial charge in [0.1, 0.15) is 17.9 Å². The number of hydrogen-bond acceptors (Lipinski definition) is 4. The predicted octanol–water partition coefficient (Wildman–Crippen LogP) is 2.01. The first-order valence-corrected chi connectivity index (χ1v) is 8.69. The zero-order valence-electron chi connectivity index (χ0n) is 12.7. The predicted molar refractivity (Wildman–Crippen MR) is 88.4 cm³/mol. The summed E-state index contributed by atoms with van der Waals surface area (Å²) < 4.78 is 8.60. The van der Waals surface area contributed by atoms with E-state index in [4.69, 9.17) is 4.74 Å². The van der Waals surface area contributed by atoms with Crippen LogP contribution in [0.2, 0.25) is 0 Å². The van der Waals surface area contributed by atoms with Crippen molar-refractivity contribution in [2.24, 2.45) is 5.92 Å². The van der Waals surface area contributed by atoms with E-state index in [0.717, 1.165) is 40.3 Å². The monoisotopic (exact) mass is 379 g/mol. The number of fused-ring (bicyclic) bond motifs is 1.